The second kappa shape index (κ2) is 34.0. The Balaban J connectivity index is 0.000000788. The van der Waals surface area contributed by atoms with E-state index in [9.17, 15) is 26.3 Å². The predicted molar refractivity (Wildman–Crippen MR) is 283 cm³/mol. The topological polar surface area (TPSA) is 27.7 Å². The first-order valence-electron chi connectivity index (χ1n) is 25.0. The Morgan fingerprint density at radius 2 is 0.657 bits per heavy atom. The quantitative estimate of drug-likeness (QED) is 0.145. The van der Waals surface area contributed by atoms with Gasteiger partial charge in [-0.3, -0.25) is 0 Å². The molecular formula is C61H88F6O3. The van der Waals surface area contributed by atoms with Crippen LogP contribution in [0.2, 0.25) is 0 Å². The normalized spacial score (nSPS) is 20.0. The molecule has 2 aliphatic heterocycles. The first-order chi connectivity index (χ1) is 32.8. The van der Waals surface area contributed by atoms with Crippen LogP contribution in [0.25, 0.3) is 0 Å². The van der Waals surface area contributed by atoms with Gasteiger partial charge in [-0.25, -0.2) is 26.3 Å². The number of halogens is 6. The third kappa shape index (κ3) is 27.8. The van der Waals surface area contributed by atoms with Crippen molar-refractivity contribution < 1.29 is 42.0 Å². The summed E-state index contributed by atoms with van der Waals surface area (Å²) in [6.07, 6.45) is 9.03. The van der Waals surface area contributed by atoms with Crippen LogP contribution in [-0.2, 0) is 14.2 Å². The van der Waals surface area contributed by atoms with Crippen LogP contribution in [0.3, 0.4) is 0 Å². The van der Waals surface area contributed by atoms with Crippen molar-refractivity contribution in [2.24, 2.45) is 23.7 Å². The third-order valence-electron chi connectivity index (χ3n) is 12.0. The summed E-state index contributed by atoms with van der Waals surface area (Å²) in [4.78, 5) is 0. The number of benzene rings is 5. The Kier molecular flexibility index (Phi) is 30.9. The van der Waals surface area contributed by atoms with Gasteiger partial charge in [-0.1, -0.05) is 125 Å². The van der Waals surface area contributed by atoms with E-state index in [1.807, 2.05) is 32.9 Å². The molecule has 9 heteroatoms. The largest absolute Gasteiger partial charge is 0.378 e. The van der Waals surface area contributed by atoms with E-state index in [-0.39, 0.29) is 24.9 Å². The SMILES string of the molecule is CC1CCC(C)CC1.CC1CCC(C)OC1.CC1COC(C)OC1.Cc1cc(F)c(C)c(F)c1.Cc1ccc(C)c(F)c1.Cc1ccc(C)c(F)c1.Cc1ccc(C)c(F)c1F.Cc1ccc(C)cc1.[HH]. The lowest BCUT2D eigenvalue weighted by molar-refractivity contribution is -0.187. The lowest BCUT2D eigenvalue weighted by Gasteiger charge is -2.24. The van der Waals surface area contributed by atoms with E-state index in [0.717, 1.165) is 48.7 Å². The van der Waals surface area contributed by atoms with Crippen LogP contribution in [0.1, 0.15) is 137 Å². The van der Waals surface area contributed by atoms with Crippen molar-refractivity contribution in [2.45, 2.75) is 162 Å². The maximum absolute atomic E-state index is 12.6. The zero-order valence-corrected chi connectivity index (χ0v) is 45.4. The van der Waals surface area contributed by atoms with Crippen LogP contribution in [0.15, 0.2) is 84.9 Å². The summed E-state index contributed by atoms with van der Waals surface area (Å²) in [5.41, 5.74) is 7.42. The monoisotopic (exact) mass is 983 g/mol. The molecule has 2 unspecified atom stereocenters. The molecule has 0 bridgehead atoms. The van der Waals surface area contributed by atoms with E-state index in [2.05, 4.69) is 72.7 Å². The maximum atomic E-state index is 12.6. The van der Waals surface area contributed by atoms with E-state index >= 15 is 0 Å². The average molecular weight is 983 g/mol. The molecule has 392 valence electrons. The summed E-state index contributed by atoms with van der Waals surface area (Å²) >= 11 is 0. The molecule has 0 N–H and O–H groups in total. The van der Waals surface area contributed by atoms with E-state index in [0.29, 0.717) is 39.8 Å². The summed E-state index contributed by atoms with van der Waals surface area (Å²) < 4.78 is 91.3. The molecule has 3 nitrogen and oxygen atoms in total. The number of hydrogen-bond acceptors (Lipinski definition) is 3. The Labute approximate surface area is 421 Å². The highest BCUT2D eigenvalue weighted by Gasteiger charge is 2.15. The van der Waals surface area contributed by atoms with E-state index in [4.69, 9.17) is 14.2 Å². The Hall–Kier alpha value is -4.44. The van der Waals surface area contributed by atoms with Gasteiger partial charge in [0.2, 0.25) is 0 Å². The van der Waals surface area contributed by atoms with Gasteiger partial charge in [0.15, 0.2) is 17.9 Å². The Morgan fingerprint density at radius 3 is 0.957 bits per heavy atom. The number of ether oxygens (including phenoxy) is 3. The minimum atomic E-state index is -0.736. The molecule has 5 aromatic rings. The van der Waals surface area contributed by atoms with Crippen LogP contribution in [0.4, 0.5) is 26.3 Å². The number of aryl methyl sites for hydroxylation is 9. The zero-order valence-electron chi connectivity index (χ0n) is 45.4. The average Bonchev–Trinajstić information content (AvgIpc) is 3.31. The number of rotatable bonds is 0. The zero-order chi connectivity index (χ0) is 53.1. The fourth-order valence-corrected chi connectivity index (χ4v) is 6.68. The molecule has 2 atom stereocenters. The molecule has 1 aliphatic carbocycles. The smallest absolute Gasteiger partial charge is 0.161 e. The molecule has 1 saturated carbocycles. The highest BCUT2D eigenvalue weighted by molar-refractivity contribution is 5.25. The Morgan fingerprint density at radius 1 is 0.343 bits per heavy atom. The van der Waals surface area contributed by atoms with Crippen molar-refractivity contribution in [3.8, 4) is 0 Å². The van der Waals surface area contributed by atoms with Gasteiger partial charge in [0.25, 0.3) is 0 Å². The van der Waals surface area contributed by atoms with Crippen molar-refractivity contribution in [3.63, 3.8) is 0 Å². The van der Waals surface area contributed by atoms with Crippen LogP contribution in [0, 0.1) is 128 Å². The molecule has 5 aromatic carbocycles. The van der Waals surface area contributed by atoms with Gasteiger partial charge in [0, 0.05) is 19.5 Å². The second-order valence-electron chi connectivity index (χ2n) is 19.9. The van der Waals surface area contributed by atoms with Crippen LogP contribution < -0.4 is 0 Å². The molecule has 0 amide bonds. The van der Waals surface area contributed by atoms with Crippen molar-refractivity contribution in [1.29, 1.82) is 0 Å². The standard InChI is InChI=1S/2C8H8F2.2C8H9F.C8H16.C8H10.C7H14O.C6H12O2.H2/c1-5-3-7(9)6(2)8(10)4-5;1-5-3-4-6(2)8(10)7(5)9;2*1-6-3-4-7(2)8(9)5-6;2*1-7-3-5-8(2)6-4-7;1-6-3-4-7(2)8-5-6;1-5-3-7-6(2)8-4-5;/h2*3-4H,1-2H3;2*3-5H,1-2H3;7-8H,3-6H2,1-2H3;3-6H,1-2H3;6-7H,3-5H2,1-2H3;5-6H,3-4H2,1-2H3;1H. The molecule has 0 aromatic heterocycles. The maximum Gasteiger partial charge on any atom is 0.161 e. The third-order valence-corrected chi connectivity index (χ3v) is 12.0. The van der Waals surface area contributed by atoms with Crippen molar-refractivity contribution in [3.05, 3.63) is 175 Å². The molecule has 3 aliphatic rings. The van der Waals surface area contributed by atoms with Gasteiger partial charge >= 0.3 is 0 Å². The van der Waals surface area contributed by atoms with Crippen LogP contribution in [-0.4, -0.2) is 32.2 Å². The highest BCUT2D eigenvalue weighted by Crippen LogP contribution is 2.27. The van der Waals surface area contributed by atoms with Crippen molar-refractivity contribution in [2.75, 3.05) is 19.8 Å². The molecule has 3 fully saturated rings. The summed E-state index contributed by atoms with van der Waals surface area (Å²) in [5.74, 6) is 0.759. The lowest BCUT2D eigenvalue weighted by atomic mass is 9.84. The predicted octanol–water partition coefficient (Wildman–Crippen LogP) is 18.3. The molecule has 0 spiro atoms. The van der Waals surface area contributed by atoms with E-state index < -0.39 is 23.3 Å². The van der Waals surface area contributed by atoms with Gasteiger partial charge in [-0.05, 0) is 177 Å². The van der Waals surface area contributed by atoms with E-state index in [1.165, 1.54) is 94.7 Å². The lowest BCUT2D eigenvalue weighted by Crippen LogP contribution is -2.27. The first kappa shape index (κ1) is 63.6. The van der Waals surface area contributed by atoms with Gasteiger partial charge in [-0.2, -0.15) is 0 Å². The van der Waals surface area contributed by atoms with Gasteiger partial charge in [0.05, 0.1) is 19.3 Å². The number of hydrogen-bond donors (Lipinski definition) is 0. The van der Waals surface area contributed by atoms with Crippen molar-refractivity contribution in [1.82, 2.24) is 0 Å². The minimum absolute atomic E-state index is 0. The van der Waals surface area contributed by atoms with Crippen LogP contribution >= 0.6 is 0 Å². The molecule has 2 heterocycles. The van der Waals surface area contributed by atoms with Gasteiger partial charge in [-0.15, -0.1) is 0 Å². The van der Waals surface area contributed by atoms with Crippen LogP contribution in [0.5, 0.6) is 0 Å². The summed E-state index contributed by atoms with van der Waals surface area (Å²) in [7, 11) is 0. The fourth-order valence-electron chi connectivity index (χ4n) is 6.68. The second-order valence-corrected chi connectivity index (χ2v) is 19.9. The summed E-state index contributed by atoms with van der Waals surface area (Å²) in [6, 6.07) is 24.7. The first-order valence-corrected chi connectivity index (χ1v) is 25.0. The van der Waals surface area contributed by atoms with Gasteiger partial charge in [0.1, 0.15) is 23.3 Å². The summed E-state index contributed by atoms with van der Waals surface area (Å²) in [6.45, 7) is 33.5. The highest BCUT2D eigenvalue weighted by atomic mass is 19.2. The van der Waals surface area contributed by atoms with Gasteiger partial charge < -0.3 is 14.2 Å². The molecule has 70 heavy (non-hydrogen) atoms. The molecule has 0 radical (unpaired) electrons. The molecular weight excluding hydrogens is 895 g/mol. The van der Waals surface area contributed by atoms with Crippen molar-refractivity contribution >= 4 is 0 Å². The summed E-state index contributed by atoms with van der Waals surface area (Å²) in [5, 5.41) is 0. The van der Waals surface area contributed by atoms with E-state index in [1.54, 1.807) is 45.0 Å². The molecule has 8 rings (SSSR count). The Bertz CT molecular complexity index is 2010. The molecule has 2 saturated heterocycles. The minimum Gasteiger partial charge on any atom is -0.378 e. The fraction of sp³-hybridized carbons (Fsp3) is 0.508.